The van der Waals surface area contributed by atoms with Gasteiger partial charge in [0.2, 0.25) is 0 Å². The highest BCUT2D eigenvalue weighted by molar-refractivity contribution is 5.98. The zero-order valence-corrected chi connectivity index (χ0v) is 16.5. The Morgan fingerprint density at radius 2 is 1.83 bits per heavy atom. The average Bonchev–Trinajstić information content (AvgIpc) is 3.25. The minimum atomic E-state index is 0.346. The standard InChI is InChI=1S/C23H25N5O/c1-2-20(16-6-4-3-5-7-16)22(17-8-9-21-18(12-17)15-27-28-21)19-13-25-23(26-14-19)29-11-10-24/h3-9,12-14,27-28H,2,10-11,15,24H2,1H3/b22-20-. The van der Waals surface area contributed by atoms with Crippen LogP contribution in [0, 0.1) is 0 Å². The molecule has 1 aliphatic rings. The van der Waals surface area contributed by atoms with Crippen molar-refractivity contribution in [2.45, 2.75) is 19.9 Å². The van der Waals surface area contributed by atoms with Gasteiger partial charge in [0, 0.05) is 31.0 Å². The van der Waals surface area contributed by atoms with E-state index in [1.807, 2.05) is 18.5 Å². The summed E-state index contributed by atoms with van der Waals surface area (Å²) in [5.41, 5.74) is 19.9. The predicted molar refractivity (Wildman–Crippen MR) is 116 cm³/mol. The van der Waals surface area contributed by atoms with E-state index in [9.17, 15) is 0 Å². The molecule has 2 heterocycles. The monoisotopic (exact) mass is 387 g/mol. The highest BCUT2D eigenvalue weighted by Crippen LogP contribution is 2.36. The number of ether oxygens (including phenoxy) is 1. The predicted octanol–water partition coefficient (Wildman–Crippen LogP) is 3.61. The van der Waals surface area contributed by atoms with E-state index < -0.39 is 0 Å². The molecule has 148 valence electrons. The summed E-state index contributed by atoms with van der Waals surface area (Å²) in [7, 11) is 0. The molecule has 0 atom stereocenters. The van der Waals surface area contributed by atoms with Crippen LogP contribution in [-0.2, 0) is 6.54 Å². The van der Waals surface area contributed by atoms with Crippen LogP contribution in [0.2, 0.25) is 0 Å². The van der Waals surface area contributed by atoms with Crippen LogP contribution in [0.5, 0.6) is 6.01 Å². The maximum atomic E-state index is 5.50. The molecule has 0 saturated heterocycles. The van der Waals surface area contributed by atoms with Gasteiger partial charge in [0.25, 0.3) is 0 Å². The van der Waals surface area contributed by atoms with E-state index in [4.69, 9.17) is 10.5 Å². The molecule has 6 heteroatoms. The fraction of sp³-hybridized carbons (Fsp3) is 0.217. The van der Waals surface area contributed by atoms with Gasteiger partial charge in [-0.05, 0) is 46.4 Å². The summed E-state index contributed by atoms with van der Waals surface area (Å²) in [6, 6.07) is 17.3. The second-order valence-corrected chi connectivity index (χ2v) is 6.82. The summed E-state index contributed by atoms with van der Waals surface area (Å²) in [6.07, 6.45) is 4.55. The van der Waals surface area contributed by atoms with Crippen LogP contribution in [0.15, 0.2) is 60.9 Å². The molecule has 0 amide bonds. The second kappa shape index (κ2) is 8.86. The van der Waals surface area contributed by atoms with E-state index in [1.54, 1.807) is 0 Å². The van der Waals surface area contributed by atoms with Gasteiger partial charge in [-0.2, -0.15) is 0 Å². The van der Waals surface area contributed by atoms with Gasteiger partial charge < -0.3 is 15.9 Å². The number of nitrogens with zero attached hydrogens (tertiary/aromatic N) is 2. The lowest BCUT2D eigenvalue weighted by Crippen LogP contribution is -2.12. The fourth-order valence-corrected chi connectivity index (χ4v) is 3.60. The number of fused-ring (bicyclic) bond motifs is 1. The van der Waals surface area contributed by atoms with Gasteiger partial charge in [-0.1, -0.05) is 43.3 Å². The average molecular weight is 387 g/mol. The maximum Gasteiger partial charge on any atom is 0.316 e. The Labute approximate surface area is 170 Å². The summed E-state index contributed by atoms with van der Waals surface area (Å²) in [4.78, 5) is 8.80. The molecule has 6 nitrogen and oxygen atoms in total. The van der Waals surface area contributed by atoms with E-state index in [2.05, 4.69) is 70.2 Å². The molecular formula is C23H25N5O. The highest BCUT2D eigenvalue weighted by Gasteiger charge is 2.17. The number of hydrogen-bond acceptors (Lipinski definition) is 6. The molecule has 0 fully saturated rings. The van der Waals surface area contributed by atoms with Crippen LogP contribution in [-0.4, -0.2) is 23.1 Å². The Hall–Kier alpha value is -3.22. The lowest BCUT2D eigenvalue weighted by atomic mass is 9.88. The van der Waals surface area contributed by atoms with Gasteiger partial charge >= 0.3 is 6.01 Å². The zero-order chi connectivity index (χ0) is 20.1. The quantitative estimate of drug-likeness (QED) is 0.537. The van der Waals surface area contributed by atoms with E-state index in [-0.39, 0.29) is 0 Å². The van der Waals surface area contributed by atoms with Crippen LogP contribution in [0.3, 0.4) is 0 Å². The van der Waals surface area contributed by atoms with Crippen molar-refractivity contribution >= 4 is 16.8 Å². The van der Waals surface area contributed by atoms with Crippen molar-refractivity contribution in [3.8, 4) is 6.01 Å². The van der Waals surface area contributed by atoms with Crippen LogP contribution in [0.25, 0.3) is 11.1 Å². The Bertz CT molecular complexity index is 1000. The number of nitrogens with two attached hydrogens (primary N) is 1. The molecule has 0 spiro atoms. The van der Waals surface area contributed by atoms with E-state index in [0.29, 0.717) is 19.2 Å². The first-order valence-corrected chi connectivity index (χ1v) is 9.86. The molecular weight excluding hydrogens is 362 g/mol. The van der Waals surface area contributed by atoms with Gasteiger partial charge in [0.05, 0.1) is 5.69 Å². The van der Waals surface area contributed by atoms with Crippen LogP contribution in [0.1, 0.15) is 35.6 Å². The van der Waals surface area contributed by atoms with E-state index >= 15 is 0 Å². The number of rotatable bonds is 7. The van der Waals surface area contributed by atoms with E-state index in [0.717, 1.165) is 35.4 Å². The highest BCUT2D eigenvalue weighted by atomic mass is 16.5. The number of nitrogens with one attached hydrogen (secondary N) is 2. The SMILES string of the molecule is CC/C(=C(/c1cnc(OCCN)nc1)c1ccc2c(c1)CNN2)c1ccccc1. The summed E-state index contributed by atoms with van der Waals surface area (Å²) < 4.78 is 5.45. The number of anilines is 1. The Morgan fingerprint density at radius 1 is 1.03 bits per heavy atom. The van der Waals surface area contributed by atoms with Crippen molar-refractivity contribution < 1.29 is 4.74 Å². The third-order valence-electron chi connectivity index (χ3n) is 4.94. The topological polar surface area (TPSA) is 85.1 Å². The Morgan fingerprint density at radius 3 is 2.55 bits per heavy atom. The first-order valence-electron chi connectivity index (χ1n) is 9.86. The largest absolute Gasteiger partial charge is 0.462 e. The molecule has 0 unspecified atom stereocenters. The van der Waals surface area contributed by atoms with Gasteiger partial charge in [-0.25, -0.2) is 15.4 Å². The molecule has 2 aromatic carbocycles. The van der Waals surface area contributed by atoms with Gasteiger partial charge in [0.15, 0.2) is 0 Å². The van der Waals surface area contributed by atoms with Crippen molar-refractivity contribution in [3.63, 3.8) is 0 Å². The number of aromatic nitrogens is 2. The molecule has 0 saturated carbocycles. The molecule has 1 aromatic heterocycles. The Balaban J connectivity index is 1.84. The summed E-state index contributed by atoms with van der Waals surface area (Å²) in [5.74, 6) is 0. The molecule has 0 bridgehead atoms. The van der Waals surface area contributed by atoms with Crippen molar-refractivity contribution in [2.75, 3.05) is 18.6 Å². The number of hydrazine groups is 1. The Kier molecular flexibility index (Phi) is 5.84. The van der Waals surface area contributed by atoms with Crippen LogP contribution in [0.4, 0.5) is 5.69 Å². The van der Waals surface area contributed by atoms with Gasteiger partial charge in [0.1, 0.15) is 6.61 Å². The van der Waals surface area contributed by atoms with Crippen molar-refractivity contribution in [1.29, 1.82) is 0 Å². The normalized spacial score (nSPS) is 13.4. The van der Waals surface area contributed by atoms with E-state index in [1.165, 1.54) is 16.7 Å². The smallest absolute Gasteiger partial charge is 0.316 e. The van der Waals surface area contributed by atoms with Crippen LogP contribution >= 0.6 is 0 Å². The first kappa shape index (κ1) is 19.1. The number of hydrogen-bond donors (Lipinski definition) is 3. The molecule has 0 aliphatic carbocycles. The fourth-order valence-electron chi connectivity index (χ4n) is 3.60. The molecule has 3 aromatic rings. The molecule has 29 heavy (non-hydrogen) atoms. The van der Waals surface area contributed by atoms with Crippen molar-refractivity contribution in [2.24, 2.45) is 5.73 Å². The first-order chi connectivity index (χ1) is 14.3. The lowest BCUT2D eigenvalue weighted by molar-refractivity contribution is 0.302. The summed E-state index contributed by atoms with van der Waals surface area (Å²) in [5, 5.41) is 0. The van der Waals surface area contributed by atoms with Crippen LogP contribution < -0.4 is 21.3 Å². The summed E-state index contributed by atoms with van der Waals surface area (Å²) >= 11 is 0. The van der Waals surface area contributed by atoms with Gasteiger partial charge in [-0.15, -0.1) is 0 Å². The molecule has 0 radical (unpaired) electrons. The number of allylic oxidation sites excluding steroid dienone is 1. The molecule has 4 N–H and O–H groups in total. The summed E-state index contributed by atoms with van der Waals surface area (Å²) in [6.45, 7) is 3.81. The zero-order valence-electron chi connectivity index (χ0n) is 16.5. The third-order valence-corrected chi connectivity index (χ3v) is 4.94. The lowest BCUT2D eigenvalue weighted by Gasteiger charge is -2.16. The molecule has 1 aliphatic heterocycles. The molecule has 4 rings (SSSR count). The number of benzene rings is 2. The third kappa shape index (κ3) is 4.13. The van der Waals surface area contributed by atoms with Gasteiger partial charge in [-0.3, -0.25) is 0 Å². The minimum Gasteiger partial charge on any atom is -0.462 e. The van der Waals surface area contributed by atoms with Crippen molar-refractivity contribution in [1.82, 2.24) is 15.4 Å². The second-order valence-electron chi connectivity index (χ2n) is 6.82. The minimum absolute atomic E-state index is 0.346. The van der Waals surface area contributed by atoms with Crippen molar-refractivity contribution in [3.05, 3.63) is 83.2 Å². The maximum absolute atomic E-state index is 5.50.